The molecule has 3 heterocycles. The van der Waals surface area contributed by atoms with Crippen molar-refractivity contribution in [1.82, 2.24) is 19.5 Å². The van der Waals surface area contributed by atoms with E-state index in [0.29, 0.717) is 11.2 Å². The Kier molecular flexibility index (Phi) is 6.33. The molecule has 4 atom stereocenters. The van der Waals surface area contributed by atoms with E-state index >= 15 is 0 Å². The Morgan fingerprint density at radius 2 is 1.70 bits per heavy atom. The zero-order valence-electron chi connectivity index (χ0n) is 13.5. The third-order valence-electron chi connectivity index (χ3n) is 3.35. The molecular weight excluding hydrogens is 412 g/mol. The van der Waals surface area contributed by atoms with E-state index in [-0.39, 0.29) is 5.82 Å². The molecule has 15 nitrogen and oxygen atoms in total. The van der Waals surface area contributed by atoms with Gasteiger partial charge in [0.2, 0.25) is 0 Å². The minimum Gasteiger partial charge on any atom is -0.388 e. The van der Waals surface area contributed by atoms with Gasteiger partial charge in [-0.25, -0.2) is 24.1 Å². The van der Waals surface area contributed by atoms with Gasteiger partial charge >= 0.3 is 15.6 Å². The first kappa shape index (κ1) is 21.8. The topological polar surface area (TPSA) is 244 Å². The highest BCUT2D eigenvalue weighted by atomic mass is 31.3. The van der Waals surface area contributed by atoms with Crippen LogP contribution >= 0.6 is 15.6 Å². The van der Waals surface area contributed by atoms with Gasteiger partial charge in [0, 0.05) is 0 Å². The van der Waals surface area contributed by atoms with Crippen molar-refractivity contribution in [3.05, 3.63) is 12.7 Å². The van der Waals surface area contributed by atoms with E-state index in [4.69, 9.17) is 30.0 Å². The zero-order chi connectivity index (χ0) is 20.6. The number of ether oxygens (including phenoxy) is 1. The zero-order valence-corrected chi connectivity index (χ0v) is 15.3. The summed E-state index contributed by atoms with van der Waals surface area (Å²) in [5.41, 5.74) is 6.59. The van der Waals surface area contributed by atoms with E-state index in [0.717, 1.165) is 0 Å². The quantitative estimate of drug-likeness (QED) is 0.267. The van der Waals surface area contributed by atoms with Gasteiger partial charge in [0.05, 0.1) is 12.4 Å². The van der Waals surface area contributed by atoms with Crippen LogP contribution in [0.5, 0.6) is 0 Å². The molecule has 0 aliphatic carbocycles. The Morgan fingerprint density at radius 1 is 1.11 bits per heavy atom. The summed E-state index contributed by atoms with van der Waals surface area (Å²) in [6.07, 6.45) is -0.373. The molecule has 0 amide bonds. The molecule has 0 bridgehead atoms. The first-order valence-electron chi connectivity index (χ1n) is 7.07. The number of phosphoric acid groups is 2. The summed E-state index contributed by atoms with van der Waals surface area (Å²) in [6.45, 7) is 1.69. The number of anilines is 1. The molecule has 0 saturated carbocycles. The highest BCUT2D eigenvalue weighted by Crippen LogP contribution is 2.53. The number of rotatable bonds is 3. The van der Waals surface area contributed by atoms with E-state index in [1.165, 1.54) is 12.7 Å². The van der Waals surface area contributed by atoms with Gasteiger partial charge in [0.1, 0.15) is 24.1 Å². The number of fused-ring (bicyclic) bond motifs is 1. The van der Waals surface area contributed by atoms with E-state index in [1.54, 1.807) is 11.5 Å². The second-order valence-corrected chi connectivity index (χ2v) is 7.97. The van der Waals surface area contributed by atoms with Gasteiger partial charge in [-0.15, -0.1) is 0 Å². The number of aromatic nitrogens is 4. The van der Waals surface area contributed by atoms with Crippen LogP contribution in [0.3, 0.4) is 0 Å². The minimum absolute atomic E-state index is 0.264. The summed E-state index contributed by atoms with van der Waals surface area (Å²) >= 11 is 0. The van der Waals surface area contributed by atoms with Crippen LogP contribution in [0.1, 0.15) is 13.2 Å². The summed E-state index contributed by atoms with van der Waals surface area (Å²) in [5, 5.41) is 19.6. The summed E-state index contributed by atoms with van der Waals surface area (Å²) in [7, 11) is -10.1. The summed E-state index contributed by atoms with van der Waals surface area (Å²) in [5.74, 6) is 0.264. The van der Waals surface area contributed by atoms with Gasteiger partial charge in [-0.2, -0.15) is 4.31 Å². The van der Waals surface area contributed by atoms with E-state index in [9.17, 15) is 19.3 Å². The molecule has 0 unspecified atom stereocenters. The van der Waals surface area contributed by atoms with Crippen molar-refractivity contribution < 1.29 is 48.0 Å². The molecule has 1 aliphatic rings. The number of nitrogens with zero attached hydrogens (tertiary/aromatic N) is 4. The lowest BCUT2D eigenvalue weighted by Crippen LogP contribution is -2.30. The monoisotopic (exact) mass is 429 g/mol. The maximum absolute atomic E-state index is 9.93. The Hall–Kier alpha value is -1.51. The summed E-state index contributed by atoms with van der Waals surface area (Å²) in [6, 6.07) is 0. The Bertz CT molecular complexity index is 876. The SMILES string of the molecule is C[C@H]1O[C@@H](n2cnc3c(N)ncnc32)[C@H](O)[C@@H]1O.O=P(O)(O)OP(=O)(O)O. The normalized spacial score (nSPS) is 26.0. The average Bonchev–Trinajstić information content (AvgIpc) is 3.02. The number of aliphatic hydroxyl groups excluding tert-OH is 2. The molecule has 152 valence electrons. The van der Waals surface area contributed by atoms with Crippen LogP contribution in [0, 0.1) is 0 Å². The molecule has 1 saturated heterocycles. The van der Waals surface area contributed by atoms with Gasteiger partial charge in [-0.3, -0.25) is 4.57 Å². The molecule has 27 heavy (non-hydrogen) atoms. The first-order valence-corrected chi connectivity index (χ1v) is 10.1. The molecule has 3 rings (SSSR count). The molecule has 17 heteroatoms. The predicted octanol–water partition coefficient (Wildman–Crippen LogP) is -1.76. The number of hydrogen-bond acceptors (Lipinski definition) is 10. The van der Waals surface area contributed by atoms with Crippen LogP contribution in [0.15, 0.2) is 12.7 Å². The predicted molar refractivity (Wildman–Crippen MR) is 86.5 cm³/mol. The van der Waals surface area contributed by atoms with Crippen molar-refractivity contribution in [2.75, 3.05) is 5.73 Å². The van der Waals surface area contributed by atoms with Gasteiger partial charge in [-0.1, -0.05) is 0 Å². The van der Waals surface area contributed by atoms with Gasteiger partial charge in [0.15, 0.2) is 17.7 Å². The van der Waals surface area contributed by atoms with Crippen LogP contribution in [0.4, 0.5) is 5.82 Å². The van der Waals surface area contributed by atoms with Crippen molar-refractivity contribution in [2.24, 2.45) is 0 Å². The average molecular weight is 429 g/mol. The standard InChI is InChI=1S/C10H13N5O3.H4O7P2/c1-4-6(16)7(17)10(18-4)15-3-14-5-8(11)12-2-13-9(5)15;1-8(2,3)7-9(4,5)6/h2-4,6-7,10,16-17H,1H3,(H2,11,12,13);(H2,1,2,3)(H2,4,5,6)/t4-,6-,7-,10-;/m1./s1. The smallest absolute Gasteiger partial charge is 0.388 e. The molecule has 0 spiro atoms. The van der Waals surface area contributed by atoms with E-state index < -0.39 is 40.2 Å². The van der Waals surface area contributed by atoms with Crippen molar-refractivity contribution in [3.8, 4) is 0 Å². The molecule has 2 aromatic rings. The lowest BCUT2D eigenvalue weighted by molar-refractivity contribution is -0.0299. The first-order chi connectivity index (χ1) is 12.3. The van der Waals surface area contributed by atoms with Gasteiger partial charge < -0.3 is 40.3 Å². The Morgan fingerprint density at radius 3 is 2.15 bits per heavy atom. The van der Waals surface area contributed by atoms with Crippen LogP contribution in [0.2, 0.25) is 0 Å². The van der Waals surface area contributed by atoms with Crippen LogP contribution in [-0.4, -0.2) is 67.6 Å². The highest BCUT2D eigenvalue weighted by Gasteiger charge is 2.42. The van der Waals surface area contributed by atoms with Crippen LogP contribution in [0.25, 0.3) is 11.2 Å². The Labute approximate surface area is 150 Å². The third kappa shape index (κ3) is 5.49. The van der Waals surface area contributed by atoms with Crippen LogP contribution in [-0.2, 0) is 18.2 Å². The van der Waals surface area contributed by atoms with Crippen LogP contribution < -0.4 is 5.73 Å². The van der Waals surface area contributed by atoms with Gasteiger partial charge in [0.25, 0.3) is 0 Å². The largest absolute Gasteiger partial charge is 0.478 e. The maximum atomic E-state index is 9.93. The molecule has 0 aromatic carbocycles. The van der Waals surface area contributed by atoms with Gasteiger partial charge in [-0.05, 0) is 6.92 Å². The number of nitrogen functional groups attached to an aromatic ring is 1. The second-order valence-electron chi connectivity index (χ2n) is 5.36. The lowest BCUT2D eigenvalue weighted by Gasteiger charge is -2.16. The summed E-state index contributed by atoms with van der Waals surface area (Å²) in [4.78, 5) is 43.0. The minimum atomic E-state index is -5.05. The fourth-order valence-corrected chi connectivity index (χ4v) is 3.36. The third-order valence-corrected chi connectivity index (χ3v) is 5.05. The van der Waals surface area contributed by atoms with E-state index in [1.807, 2.05) is 0 Å². The van der Waals surface area contributed by atoms with E-state index in [2.05, 4.69) is 19.3 Å². The molecule has 8 N–H and O–H groups in total. The Balaban J connectivity index is 0.000000249. The molecule has 1 aliphatic heterocycles. The molecular formula is C10H17N5O10P2. The number of imidazole rings is 1. The van der Waals surface area contributed by atoms with Crippen molar-refractivity contribution in [1.29, 1.82) is 0 Å². The lowest BCUT2D eigenvalue weighted by atomic mass is 10.1. The van der Waals surface area contributed by atoms with Crippen molar-refractivity contribution in [2.45, 2.75) is 31.5 Å². The fourth-order valence-electron chi connectivity index (χ4n) is 2.25. The van der Waals surface area contributed by atoms with Crippen molar-refractivity contribution >= 4 is 32.6 Å². The number of aliphatic hydroxyl groups is 2. The molecule has 1 fully saturated rings. The van der Waals surface area contributed by atoms with Crippen molar-refractivity contribution in [3.63, 3.8) is 0 Å². The summed E-state index contributed by atoms with van der Waals surface area (Å²) < 4.78 is 29.3. The number of nitrogens with two attached hydrogens (primary N) is 1. The fraction of sp³-hybridized carbons (Fsp3) is 0.500. The maximum Gasteiger partial charge on any atom is 0.478 e. The molecule has 0 radical (unpaired) electrons. The number of hydrogen-bond donors (Lipinski definition) is 7. The molecule has 2 aromatic heterocycles. The highest BCUT2D eigenvalue weighted by molar-refractivity contribution is 7.60. The second kappa shape index (κ2) is 7.85.